The average Bonchev–Trinajstić information content (AvgIpc) is 2.93. The van der Waals surface area contributed by atoms with Gasteiger partial charge in [0.15, 0.2) is 0 Å². The van der Waals surface area contributed by atoms with E-state index in [0.717, 1.165) is 51.4 Å². The second-order valence-electron chi connectivity index (χ2n) is 11.9. The zero-order chi connectivity index (χ0) is 29.4. The lowest BCUT2D eigenvalue weighted by Gasteiger charge is -2.28. The maximum Gasteiger partial charge on any atom is 0.326 e. The molecule has 0 aliphatic heterocycles. The molecule has 0 spiro atoms. The fraction of sp³-hybridized carbons (Fsp3) is 0.875. The van der Waals surface area contributed by atoms with Gasteiger partial charge in [0.2, 0.25) is 11.8 Å². The van der Waals surface area contributed by atoms with Gasteiger partial charge in [0.1, 0.15) is 6.04 Å². The Morgan fingerprint density at radius 3 is 1.48 bits per heavy atom. The van der Waals surface area contributed by atoms with Crippen molar-refractivity contribution in [1.29, 1.82) is 0 Å². The largest absolute Gasteiger partial charge is 0.481 e. The molecular weight excluding hydrogens is 508 g/mol. The van der Waals surface area contributed by atoms with Gasteiger partial charge >= 0.3 is 11.9 Å². The van der Waals surface area contributed by atoms with Crippen LogP contribution in [-0.4, -0.2) is 46.6 Å². The summed E-state index contributed by atoms with van der Waals surface area (Å²) in [6.07, 6.45) is 23.8. The minimum absolute atomic E-state index is 0.120. The molecule has 0 heterocycles. The molecule has 0 radical (unpaired) electrons. The summed E-state index contributed by atoms with van der Waals surface area (Å²) in [6, 6.07) is -0.808. The van der Waals surface area contributed by atoms with Crippen LogP contribution < -0.4 is 10.6 Å². The average molecular weight is 567 g/mol. The summed E-state index contributed by atoms with van der Waals surface area (Å²) in [4.78, 5) is 46.1. The Labute approximate surface area is 242 Å². The van der Waals surface area contributed by atoms with Crippen molar-refractivity contribution in [3.63, 3.8) is 0 Å². The van der Waals surface area contributed by atoms with Crippen LogP contribution >= 0.6 is 0 Å². The number of nitrogens with one attached hydrogen (secondary N) is 2. The molecule has 1 aliphatic rings. The molecule has 232 valence electrons. The van der Waals surface area contributed by atoms with E-state index in [4.69, 9.17) is 10.2 Å². The highest BCUT2D eigenvalue weighted by atomic mass is 16.4. The zero-order valence-electron chi connectivity index (χ0n) is 25.2. The summed E-state index contributed by atoms with van der Waals surface area (Å²) in [5.41, 5.74) is 0. The smallest absolute Gasteiger partial charge is 0.326 e. The Kier molecular flexibility index (Phi) is 21.2. The predicted octanol–water partition coefficient (Wildman–Crippen LogP) is 6.99. The monoisotopic (exact) mass is 566 g/mol. The molecule has 0 unspecified atom stereocenters. The molecule has 8 heteroatoms. The predicted molar refractivity (Wildman–Crippen MR) is 159 cm³/mol. The lowest BCUT2D eigenvalue weighted by atomic mass is 9.81. The lowest BCUT2D eigenvalue weighted by molar-refractivity contribution is -0.142. The third kappa shape index (κ3) is 19.0. The van der Waals surface area contributed by atoms with E-state index in [-0.39, 0.29) is 17.7 Å². The van der Waals surface area contributed by atoms with Gasteiger partial charge in [0.05, 0.1) is 0 Å². The van der Waals surface area contributed by atoms with Crippen molar-refractivity contribution in [3.05, 3.63) is 0 Å². The second kappa shape index (κ2) is 23.6. The SMILES string of the molecule is CC[C@H](NC(=O)[C@H]1CC[C@H](CNC(=O)CCCCCCCCCCCCCCCCCCC(=O)O)CC1)C(=O)O. The zero-order valence-corrected chi connectivity index (χ0v) is 25.2. The van der Waals surface area contributed by atoms with Gasteiger partial charge in [0, 0.05) is 25.3 Å². The molecule has 40 heavy (non-hydrogen) atoms. The molecule has 2 amide bonds. The number of carbonyl (C=O) groups excluding carboxylic acids is 2. The van der Waals surface area contributed by atoms with E-state index in [1.807, 2.05) is 0 Å². The molecule has 1 fully saturated rings. The fourth-order valence-corrected chi connectivity index (χ4v) is 5.64. The van der Waals surface area contributed by atoms with E-state index in [1.54, 1.807) is 6.92 Å². The van der Waals surface area contributed by atoms with Crippen LogP contribution in [0.4, 0.5) is 0 Å². The van der Waals surface area contributed by atoms with E-state index in [1.165, 1.54) is 77.0 Å². The first-order chi connectivity index (χ1) is 19.3. The van der Waals surface area contributed by atoms with Gasteiger partial charge in [-0.15, -0.1) is 0 Å². The Hall–Kier alpha value is -2.12. The quantitative estimate of drug-likeness (QED) is 0.0880. The summed E-state index contributed by atoms with van der Waals surface area (Å²) in [7, 11) is 0. The minimum atomic E-state index is -0.985. The number of rotatable bonds is 25. The van der Waals surface area contributed by atoms with Crippen LogP contribution in [0.3, 0.4) is 0 Å². The molecule has 1 atom stereocenters. The van der Waals surface area contributed by atoms with Crippen LogP contribution in [0.15, 0.2) is 0 Å². The molecule has 1 rings (SSSR count). The third-order valence-electron chi connectivity index (χ3n) is 8.37. The first-order valence-electron chi connectivity index (χ1n) is 16.3. The van der Waals surface area contributed by atoms with Crippen LogP contribution in [0.25, 0.3) is 0 Å². The molecule has 8 nitrogen and oxygen atoms in total. The standard InChI is InChI=1S/C32H58N2O6/c1-2-28(32(39)40)34-31(38)27-23-21-26(22-24-27)25-33-29(35)19-17-15-13-11-9-7-5-3-4-6-8-10-12-14-16-18-20-30(36)37/h26-28H,2-25H2,1H3,(H,33,35)(H,34,38)(H,36,37)(H,39,40)/t26-,27-,28-/m0/s1. The maximum absolute atomic E-state index is 12.3. The highest BCUT2D eigenvalue weighted by molar-refractivity contribution is 5.85. The number of aliphatic carboxylic acids is 2. The molecule has 1 saturated carbocycles. The lowest BCUT2D eigenvalue weighted by Crippen LogP contribution is -2.44. The van der Waals surface area contributed by atoms with Crippen LogP contribution in [0.2, 0.25) is 0 Å². The summed E-state index contributed by atoms with van der Waals surface area (Å²) in [5, 5.41) is 23.5. The van der Waals surface area contributed by atoms with Gasteiger partial charge in [-0.05, 0) is 50.9 Å². The Bertz CT molecular complexity index is 706. The van der Waals surface area contributed by atoms with Gasteiger partial charge < -0.3 is 20.8 Å². The van der Waals surface area contributed by atoms with Crippen molar-refractivity contribution in [3.8, 4) is 0 Å². The van der Waals surface area contributed by atoms with Crippen LogP contribution in [0.5, 0.6) is 0 Å². The van der Waals surface area contributed by atoms with Gasteiger partial charge in [-0.25, -0.2) is 4.79 Å². The van der Waals surface area contributed by atoms with Crippen molar-refractivity contribution in [2.45, 2.75) is 161 Å². The van der Waals surface area contributed by atoms with E-state index >= 15 is 0 Å². The van der Waals surface area contributed by atoms with Crippen molar-refractivity contribution in [2.75, 3.05) is 6.54 Å². The Balaban J connectivity index is 1.87. The van der Waals surface area contributed by atoms with Gasteiger partial charge in [0.25, 0.3) is 0 Å². The van der Waals surface area contributed by atoms with Gasteiger partial charge in [-0.2, -0.15) is 0 Å². The summed E-state index contributed by atoms with van der Waals surface area (Å²) < 4.78 is 0. The van der Waals surface area contributed by atoms with Crippen molar-refractivity contribution >= 4 is 23.8 Å². The topological polar surface area (TPSA) is 133 Å². The number of carbonyl (C=O) groups is 4. The molecule has 0 bridgehead atoms. The molecule has 0 aromatic carbocycles. The molecule has 0 aromatic rings. The van der Waals surface area contributed by atoms with Crippen LogP contribution in [0, 0.1) is 11.8 Å². The minimum Gasteiger partial charge on any atom is -0.481 e. The van der Waals surface area contributed by atoms with Crippen LogP contribution in [0.1, 0.15) is 155 Å². The Morgan fingerprint density at radius 2 is 1.07 bits per heavy atom. The highest BCUT2D eigenvalue weighted by Crippen LogP contribution is 2.28. The summed E-state index contributed by atoms with van der Waals surface area (Å²) in [6.45, 7) is 2.43. The number of carboxylic acid groups (broad SMARTS) is 2. The number of hydrogen-bond acceptors (Lipinski definition) is 4. The fourth-order valence-electron chi connectivity index (χ4n) is 5.64. The van der Waals surface area contributed by atoms with Crippen molar-refractivity contribution in [1.82, 2.24) is 10.6 Å². The first kappa shape index (κ1) is 35.9. The van der Waals surface area contributed by atoms with Gasteiger partial charge in [-0.1, -0.05) is 96.8 Å². The number of amides is 2. The highest BCUT2D eigenvalue weighted by Gasteiger charge is 2.28. The maximum atomic E-state index is 12.3. The van der Waals surface area contributed by atoms with E-state index in [2.05, 4.69) is 10.6 Å². The molecule has 1 aliphatic carbocycles. The van der Waals surface area contributed by atoms with Crippen LogP contribution in [-0.2, 0) is 19.2 Å². The number of unbranched alkanes of at least 4 members (excludes halogenated alkanes) is 15. The van der Waals surface area contributed by atoms with E-state index < -0.39 is 18.0 Å². The van der Waals surface area contributed by atoms with E-state index in [0.29, 0.717) is 31.7 Å². The summed E-state index contributed by atoms with van der Waals surface area (Å²) >= 11 is 0. The molecule has 4 N–H and O–H groups in total. The third-order valence-corrected chi connectivity index (χ3v) is 8.37. The molecular formula is C32H58N2O6. The Morgan fingerprint density at radius 1 is 0.650 bits per heavy atom. The van der Waals surface area contributed by atoms with Crippen molar-refractivity contribution < 1.29 is 29.4 Å². The van der Waals surface area contributed by atoms with Gasteiger partial charge in [-0.3, -0.25) is 14.4 Å². The van der Waals surface area contributed by atoms with E-state index in [9.17, 15) is 19.2 Å². The molecule has 0 aromatic heterocycles. The van der Waals surface area contributed by atoms with Crippen molar-refractivity contribution in [2.24, 2.45) is 11.8 Å². The summed E-state index contributed by atoms with van der Waals surface area (Å²) in [5.74, 6) is -1.41. The number of hydrogen-bond donors (Lipinski definition) is 4. The second-order valence-corrected chi connectivity index (χ2v) is 11.9. The first-order valence-corrected chi connectivity index (χ1v) is 16.3. The number of carboxylic acids is 2. The molecule has 0 saturated heterocycles. The normalized spacial score (nSPS) is 17.7.